The molecule has 0 bridgehead atoms. The lowest BCUT2D eigenvalue weighted by molar-refractivity contribution is 0.0194. The van der Waals surface area contributed by atoms with E-state index in [-0.39, 0.29) is 6.61 Å². The van der Waals surface area contributed by atoms with Gasteiger partial charge in [0.25, 0.3) is 0 Å². The SMILES string of the molecule is CC.[B]C1([B])CCCC(O)CO1. The first-order valence-corrected chi connectivity index (χ1v) is 4.50. The molecule has 4 heteroatoms. The summed E-state index contributed by atoms with van der Waals surface area (Å²) < 4.78 is 5.01. The van der Waals surface area contributed by atoms with Gasteiger partial charge in [0.2, 0.25) is 0 Å². The molecule has 0 aromatic rings. The zero-order valence-corrected chi connectivity index (χ0v) is 7.92. The fourth-order valence-corrected chi connectivity index (χ4v) is 1.02. The molecule has 0 aliphatic carbocycles. The first-order valence-electron chi connectivity index (χ1n) is 4.50. The molecule has 0 saturated carbocycles. The van der Waals surface area contributed by atoms with Crippen molar-refractivity contribution in [2.45, 2.75) is 44.6 Å². The number of rotatable bonds is 0. The molecular weight excluding hydrogens is 150 g/mol. The van der Waals surface area contributed by atoms with Gasteiger partial charge in [0, 0.05) is 0 Å². The van der Waals surface area contributed by atoms with Crippen molar-refractivity contribution in [3.8, 4) is 0 Å². The minimum atomic E-state index is -1.02. The second-order valence-corrected chi connectivity index (χ2v) is 2.81. The minimum absolute atomic E-state index is 0.257. The molecular formula is C8H16B2O2. The Morgan fingerprint density at radius 1 is 1.42 bits per heavy atom. The van der Waals surface area contributed by atoms with Crippen LogP contribution in [0.4, 0.5) is 0 Å². The van der Waals surface area contributed by atoms with E-state index in [9.17, 15) is 0 Å². The highest BCUT2D eigenvalue weighted by atomic mass is 16.5. The fourth-order valence-electron chi connectivity index (χ4n) is 1.02. The summed E-state index contributed by atoms with van der Waals surface area (Å²) in [6, 6.07) is 0. The summed E-state index contributed by atoms with van der Waals surface area (Å²) in [5.41, 5.74) is 0. The molecule has 0 amide bonds. The molecule has 1 N–H and O–H groups in total. The van der Waals surface area contributed by atoms with Crippen LogP contribution in [0, 0.1) is 0 Å². The summed E-state index contributed by atoms with van der Waals surface area (Å²) in [4.78, 5) is 0. The third kappa shape index (κ3) is 4.83. The maximum atomic E-state index is 9.09. The van der Waals surface area contributed by atoms with E-state index in [2.05, 4.69) is 0 Å². The van der Waals surface area contributed by atoms with E-state index in [1.807, 2.05) is 13.8 Å². The maximum Gasteiger partial charge on any atom is 0.0993 e. The fraction of sp³-hybridized carbons (Fsp3) is 1.00. The van der Waals surface area contributed by atoms with Gasteiger partial charge in [-0.2, -0.15) is 0 Å². The first-order chi connectivity index (χ1) is 5.60. The molecule has 4 radical (unpaired) electrons. The summed E-state index contributed by atoms with van der Waals surface area (Å²) in [5.74, 6) is 0. The first kappa shape index (κ1) is 12.0. The van der Waals surface area contributed by atoms with Crippen LogP contribution in [0.15, 0.2) is 0 Å². The molecule has 66 valence electrons. The summed E-state index contributed by atoms with van der Waals surface area (Å²) in [6.45, 7) is 4.26. The average Bonchev–Trinajstić information content (AvgIpc) is 2.17. The van der Waals surface area contributed by atoms with E-state index < -0.39 is 11.5 Å². The van der Waals surface area contributed by atoms with Crippen molar-refractivity contribution in [1.82, 2.24) is 0 Å². The van der Waals surface area contributed by atoms with Gasteiger partial charge in [-0.1, -0.05) is 13.8 Å². The Kier molecular flexibility index (Phi) is 5.68. The van der Waals surface area contributed by atoms with E-state index in [4.69, 9.17) is 25.5 Å². The minimum Gasteiger partial charge on any atom is -0.391 e. The Morgan fingerprint density at radius 2 is 2.00 bits per heavy atom. The number of aliphatic hydroxyl groups is 1. The summed E-state index contributed by atoms with van der Waals surface area (Å²) in [5, 5.41) is 8.07. The van der Waals surface area contributed by atoms with Gasteiger partial charge in [-0.25, -0.2) is 0 Å². The van der Waals surface area contributed by atoms with Gasteiger partial charge in [-0.15, -0.1) is 0 Å². The highest BCUT2D eigenvalue weighted by Crippen LogP contribution is 2.17. The molecule has 0 spiro atoms. The van der Waals surface area contributed by atoms with Crippen molar-refractivity contribution >= 4 is 15.7 Å². The maximum absolute atomic E-state index is 9.09. The molecule has 1 fully saturated rings. The molecule has 1 atom stereocenters. The van der Waals surface area contributed by atoms with Crippen molar-refractivity contribution in [3.05, 3.63) is 0 Å². The molecule has 0 aromatic carbocycles. The van der Waals surface area contributed by atoms with Crippen LogP contribution in [-0.4, -0.2) is 38.9 Å². The van der Waals surface area contributed by atoms with Gasteiger partial charge in [0.05, 0.1) is 28.4 Å². The van der Waals surface area contributed by atoms with Gasteiger partial charge >= 0.3 is 0 Å². The lowest BCUT2D eigenvalue weighted by Gasteiger charge is -2.23. The molecule has 2 nitrogen and oxygen atoms in total. The Bertz CT molecular complexity index is 118. The third-order valence-corrected chi connectivity index (χ3v) is 1.65. The van der Waals surface area contributed by atoms with Crippen molar-refractivity contribution in [1.29, 1.82) is 0 Å². The predicted octanol–water partition coefficient (Wildman–Crippen LogP) is 0.565. The number of hydrogen-bond donors (Lipinski definition) is 1. The third-order valence-electron chi connectivity index (χ3n) is 1.65. The van der Waals surface area contributed by atoms with Crippen LogP contribution in [0.25, 0.3) is 0 Å². The molecule has 0 aromatic heterocycles. The highest BCUT2D eigenvalue weighted by molar-refractivity contribution is 6.39. The summed E-state index contributed by atoms with van der Waals surface area (Å²) >= 11 is 0. The molecule has 12 heavy (non-hydrogen) atoms. The number of ether oxygens (including phenoxy) is 1. The van der Waals surface area contributed by atoms with Gasteiger partial charge < -0.3 is 9.84 Å². The standard InChI is InChI=1S/C6H10B2O2.C2H6/c7-6(8)3-1-2-5(9)4-10-6;1-2/h5,9H,1-4H2;1-2H3. The molecule has 1 saturated heterocycles. The monoisotopic (exact) mass is 166 g/mol. The van der Waals surface area contributed by atoms with Crippen molar-refractivity contribution in [3.63, 3.8) is 0 Å². The lowest BCUT2D eigenvalue weighted by Crippen LogP contribution is -2.33. The van der Waals surface area contributed by atoms with Crippen LogP contribution < -0.4 is 0 Å². The van der Waals surface area contributed by atoms with E-state index in [1.165, 1.54) is 0 Å². The van der Waals surface area contributed by atoms with Crippen molar-refractivity contribution < 1.29 is 9.84 Å². The van der Waals surface area contributed by atoms with Crippen LogP contribution >= 0.6 is 0 Å². The molecule has 1 rings (SSSR count). The topological polar surface area (TPSA) is 29.5 Å². The largest absolute Gasteiger partial charge is 0.391 e. The van der Waals surface area contributed by atoms with Gasteiger partial charge in [0.15, 0.2) is 0 Å². The molecule has 1 aliphatic heterocycles. The van der Waals surface area contributed by atoms with E-state index >= 15 is 0 Å². The van der Waals surface area contributed by atoms with Crippen LogP contribution in [0.1, 0.15) is 33.1 Å². The number of hydrogen-bond acceptors (Lipinski definition) is 2. The molecule has 1 heterocycles. The van der Waals surface area contributed by atoms with Crippen LogP contribution in [0.5, 0.6) is 0 Å². The predicted molar refractivity (Wildman–Crippen MR) is 51.4 cm³/mol. The lowest BCUT2D eigenvalue weighted by atomic mass is 9.63. The van der Waals surface area contributed by atoms with Crippen LogP contribution in [-0.2, 0) is 4.74 Å². The van der Waals surface area contributed by atoms with Crippen LogP contribution in [0.2, 0.25) is 0 Å². The Morgan fingerprint density at radius 3 is 2.58 bits per heavy atom. The smallest absolute Gasteiger partial charge is 0.0993 e. The highest BCUT2D eigenvalue weighted by Gasteiger charge is 2.22. The molecule has 1 aliphatic rings. The van der Waals surface area contributed by atoms with Gasteiger partial charge in [0.1, 0.15) is 0 Å². The zero-order valence-electron chi connectivity index (χ0n) is 7.92. The van der Waals surface area contributed by atoms with E-state index in [0.29, 0.717) is 6.42 Å². The summed E-state index contributed by atoms with van der Waals surface area (Å²) in [6.07, 6.45) is 1.78. The quantitative estimate of drug-likeness (QED) is 0.532. The Hall–Kier alpha value is 0.0499. The van der Waals surface area contributed by atoms with Crippen molar-refractivity contribution in [2.75, 3.05) is 6.61 Å². The van der Waals surface area contributed by atoms with E-state index in [1.54, 1.807) is 0 Å². The number of aliphatic hydroxyl groups excluding tert-OH is 1. The Labute approximate surface area is 77.5 Å². The van der Waals surface area contributed by atoms with Crippen molar-refractivity contribution in [2.24, 2.45) is 0 Å². The zero-order chi connectivity index (χ0) is 9.61. The average molecular weight is 166 g/mol. The summed E-state index contributed by atoms with van der Waals surface area (Å²) in [7, 11) is 11.0. The van der Waals surface area contributed by atoms with E-state index in [0.717, 1.165) is 12.8 Å². The normalized spacial score (nSPS) is 28.1. The van der Waals surface area contributed by atoms with Gasteiger partial charge in [-0.05, 0) is 24.7 Å². The second-order valence-electron chi connectivity index (χ2n) is 2.81. The Balaban J connectivity index is 0.000000561. The van der Waals surface area contributed by atoms with Crippen LogP contribution in [0.3, 0.4) is 0 Å². The second kappa shape index (κ2) is 5.65. The molecule has 1 unspecified atom stereocenters. The van der Waals surface area contributed by atoms with Gasteiger partial charge in [-0.3, -0.25) is 0 Å².